The lowest BCUT2D eigenvalue weighted by Crippen LogP contribution is -2.39. The van der Waals surface area contributed by atoms with Crippen LogP contribution in [0.5, 0.6) is 0 Å². The van der Waals surface area contributed by atoms with E-state index in [1.165, 1.54) is 45.2 Å². The van der Waals surface area contributed by atoms with Crippen molar-refractivity contribution in [2.45, 2.75) is 24.3 Å². The maximum Gasteiger partial charge on any atom is 0.242 e. The van der Waals surface area contributed by atoms with Crippen molar-refractivity contribution in [2.24, 2.45) is 0 Å². The van der Waals surface area contributed by atoms with E-state index in [0.29, 0.717) is 0 Å². The van der Waals surface area contributed by atoms with Crippen LogP contribution in [0.15, 0.2) is 29.2 Å². The molecule has 0 radical (unpaired) electrons. The average Bonchev–Trinajstić information content (AvgIpc) is 2.27. The van der Waals surface area contributed by atoms with E-state index in [4.69, 9.17) is 5.26 Å². The van der Waals surface area contributed by atoms with Crippen LogP contribution in [0.1, 0.15) is 19.4 Å². The van der Waals surface area contributed by atoms with E-state index in [1.54, 1.807) is 0 Å². The molecule has 1 rings (SSSR count). The van der Waals surface area contributed by atoms with Gasteiger partial charge in [0.15, 0.2) is 0 Å². The molecule has 5 nitrogen and oxygen atoms in total. The summed E-state index contributed by atoms with van der Waals surface area (Å²) in [5, 5.41) is 18.4. The zero-order valence-electron chi connectivity index (χ0n) is 10.6. The number of sulfonamides is 1. The molecule has 0 atom stereocenters. The van der Waals surface area contributed by atoms with Crippen LogP contribution in [0.25, 0.3) is 0 Å². The highest BCUT2D eigenvalue weighted by Gasteiger charge is 2.26. The fourth-order valence-corrected chi connectivity index (χ4v) is 2.91. The van der Waals surface area contributed by atoms with Crippen LogP contribution >= 0.6 is 0 Å². The van der Waals surface area contributed by atoms with Crippen molar-refractivity contribution in [3.63, 3.8) is 0 Å². The molecule has 1 aromatic carbocycles. The van der Waals surface area contributed by atoms with Gasteiger partial charge in [0.1, 0.15) is 0 Å². The first-order valence-electron chi connectivity index (χ1n) is 5.36. The SMILES string of the molecule is CN(CC(C)(C)O)S(=O)(=O)c1cccc(C#N)c1. The molecule has 0 amide bonds. The lowest BCUT2D eigenvalue weighted by atomic mass is 10.1. The fourth-order valence-electron chi connectivity index (χ4n) is 1.54. The molecule has 0 bridgehead atoms. The van der Waals surface area contributed by atoms with Crippen molar-refractivity contribution in [1.29, 1.82) is 5.26 Å². The molecule has 1 N–H and O–H groups in total. The Bertz CT molecular complexity index is 568. The topological polar surface area (TPSA) is 81.4 Å². The van der Waals surface area contributed by atoms with Crippen LogP contribution in [-0.2, 0) is 10.0 Å². The van der Waals surface area contributed by atoms with Crippen LogP contribution < -0.4 is 0 Å². The summed E-state index contributed by atoms with van der Waals surface area (Å²) >= 11 is 0. The van der Waals surface area contributed by atoms with E-state index in [-0.39, 0.29) is 17.0 Å². The minimum atomic E-state index is -3.68. The number of nitrogens with zero attached hydrogens (tertiary/aromatic N) is 2. The number of rotatable bonds is 4. The molecule has 0 aromatic heterocycles. The number of nitriles is 1. The van der Waals surface area contributed by atoms with E-state index in [2.05, 4.69) is 0 Å². The molecule has 6 heteroatoms. The van der Waals surface area contributed by atoms with Gasteiger partial charge < -0.3 is 5.11 Å². The Hall–Kier alpha value is -1.42. The number of aliphatic hydroxyl groups is 1. The maximum absolute atomic E-state index is 12.2. The van der Waals surface area contributed by atoms with Gasteiger partial charge in [0.05, 0.1) is 22.1 Å². The minimum absolute atomic E-state index is 0.0217. The molecular weight excluding hydrogens is 252 g/mol. The lowest BCUT2D eigenvalue weighted by Gasteiger charge is -2.25. The van der Waals surface area contributed by atoms with Gasteiger partial charge >= 0.3 is 0 Å². The first-order valence-corrected chi connectivity index (χ1v) is 6.80. The summed E-state index contributed by atoms with van der Waals surface area (Å²) in [5.41, 5.74) is -0.831. The first kappa shape index (κ1) is 14.6. The van der Waals surface area contributed by atoms with Gasteiger partial charge in [-0.25, -0.2) is 8.42 Å². The minimum Gasteiger partial charge on any atom is -0.389 e. The van der Waals surface area contributed by atoms with E-state index >= 15 is 0 Å². The summed E-state index contributed by atoms with van der Waals surface area (Å²) in [4.78, 5) is 0.0494. The molecule has 0 spiro atoms. The van der Waals surface area contributed by atoms with Crippen molar-refractivity contribution in [2.75, 3.05) is 13.6 Å². The zero-order valence-corrected chi connectivity index (χ0v) is 11.4. The Morgan fingerprint density at radius 3 is 2.56 bits per heavy atom. The van der Waals surface area contributed by atoms with E-state index < -0.39 is 15.6 Å². The molecule has 98 valence electrons. The predicted octanol–water partition coefficient (Wildman–Crippen LogP) is 0.950. The van der Waals surface area contributed by atoms with Crippen LogP contribution in [0.3, 0.4) is 0 Å². The second kappa shape index (κ2) is 5.06. The molecule has 0 aliphatic rings. The van der Waals surface area contributed by atoms with Crippen molar-refractivity contribution >= 4 is 10.0 Å². The summed E-state index contributed by atoms with van der Waals surface area (Å²) in [7, 11) is -2.29. The van der Waals surface area contributed by atoms with Gasteiger partial charge in [0.25, 0.3) is 0 Å². The lowest BCUT2D eigenvalue weighted by molar-refractivity contribution is 0.0640. The van der Waals surface area contributed by atoms with Crippen LogP contribution in [0.4, 0.5) is 0 Å². The second-order valence-electron chi connectivity index (χ2n) is 4.71. The summed E-state index contributed by atoms with van der Waals surface area (Å²) in [6.45, 7) is 3.04. The number of benzene rings is 1. The van der Waals surface area contributed by atoms with E-state index in [9.17, 15) is 13.5 Å². The van der Waals surface area contributed by atoms with Gasteiger partial charge in [-0.3, -0.25) is 0 Å². The van der Waals surface area contributed by atoms with Crippen molar-refractivity contribution in [3.8, 4) is 6.07 Å². The van der Waals surface area contributed by atoms with Gasteiger partial charge in [-0.05, 0) is 32.0 Å². The van der Waals surface area contributed by atoms with Gasteiger partial charge in [-0.1, -0.05) is 6.07 Å². The molecule has 0 aliphatic carbocycles. The largest absolute Gasteiger partial charge is 0.389 e. The first-order chi connectivity index (χ1) is 8.16. The van der Waals surface area contributed by atoms with Gasteiger partial charge in [0, 0.05) is 13.6 Å². The Morgan fingerprint density at radius 1 is 1.44 bits per heavy atom. The molecule has 0 heterocycles. The molecule has 0 aliphatic heterocycles. The van der Waals surface area contributed by atoms with Gasteiger partial charge in [-0.15, -0.1) is 0 Å². The summed E-state index contributed by atoms with van der Waals surface area (Å²) in [6, 6.07) is 7.69. The smallest absolute Gasteiger partial charge is 0.242 e. The quantitative estimate of drug-likeness (QED) is 0.881. The Morgan fingerprint density at radius 2 is 2.06 bits per heavy atom. The third kappa shape index (κ3) is 3.53. The number of hydrogen-bond donors (Lipinski definition) is 1. The number of likely N-dealkylation sites (N-methyl/N-ethyl adjacent to an activating group) is 1. The molecule has 0 unspecified atom stereocenters. The molecular formula is C12H16N2O3S. The van der Waals surface area contributed by atoms with Gasteiger partial charge in [-0.2, -0.15) is 9.57 Å². The van der Waals surface area contributed by atoms with Crippen molar-refractivity contribution < 1.29 is 13.5 Å². The highest BCUT2D eigenvalue weighted by molar-refractivity contribution is 7.89. The predicted molar refractivity (Wildman–Crippen MR) is 67.3 cm³/mol. The van der Waals surface area contributed by atoms with Gasteiger partial charge in [0.2, 0.25) is 10.0 Å². The summed E-state index contributed by atoms with van der Waals surface area (Å²) in [5.74, 6) is 0. The fraction of sp³-hybridized carbons (Fsp3) is 0.417. The molecule has 0 saturated heterocycles. The van der Waals surface area contributed by atoms with E-state index in [0.717, 1.165) is 4.31 Å². The highest BCUT2D eigenvalue weighted by atomic mass is 32.2. The standard InChI is InChI=1S/C12H16N2O3S/c1-12(2,15)9-14(3)18(16,17)11-6-4-5-10(7-11)8-13/h4-7,15H,9H2,1-3H3. The van der Waals surface area contributed by atoms with Crippen LogP contribution in [0.2, 0.25) is 0 Å². The monoisotopic (exact) mass is 268 g/mol. The highest BCUT2D eigenvalue weighted by Crippen LogP contribution is 2.17. The van der Waals surface area contributed by atoms with Crippen LogP contribution in [0, 0.1) is 11.3 Å². The summed E-state index contributed by atoms with van der Waals surface area (Å²) < 4.78 is 25.4. The molecule has 0 fully saturated rings. The Balaban J connectivity index is 3.10. The molecule has 0 saturated carbocycles. The normalized spacial score (nSPS) is 12.4. The van der Waals surface area contributed by atoms with E-state index in [1.807, 2.05) is 6.07 Å². The Kier molecular flexibility index (Phi) is 4.12. The third-order valence-corrected chi connectivity index (χ3v) is 4.08. The third-order valence-electron chi connectivity index (χ3n) is 2.28. The molecule has 1 aromatic rings. The van der Waals surface area contributed by atoms with Crippen molar-refractivity contribution in [1.82, 2.24) is 4.31 Å². The second-order valence-corrected chi connectivity index (χ2v) is 6.76. The number of hydrogen-bond acceptors (Lipinski definition) is 4. The van der Waals surface area contributed by atoms with Crippen molar-refractivity contribution in [3.05, 3.63) is 29.8 Å². The van der Waals surface area contributed by atoms with Crippen LogP contribution in [-0.4, -0.2) is 37.0 Å². The zero-order chi connectivity index (χ0) is 14.0. The maximum atomic E-state index is 12.2. The average molecular weight is 268 g/mol. The Labute approximate surface area is 107 Å². The molecule has 18 heavy (non-hydrogen) atoms. The summed E-state index contributed by atoms with van der Waals surface area (Å²) in [6.07, 6.45) is 0.